The number of hydrogen-bond acceptors (Lipinski definition) is 1. The lowest BCUT2D eigenvalue weighted by Gasteiger charge is -2.18. The zero-order chi connectivity index (χ0) is 14.2. The van der Waals surface area contributed by atoms with E-state index in [2.05, 4.69) is 0 Å². The van der Waals surface area contributed by atoms with Gasteiger partial charge in [0, 0.05) is 0 Å². The van der Waals surface area contributed by atoms with Crippen molar-refractivity contribution in [3.05, 3.63) is 35.1 Å². The van der Waals surface area contributed by atoms with Gasteiger partial charge in [-0.2, -0.15) is 13.2 Å². The third kappa shape index (κ3) is 2.72. The summed E-state index contributed by atoms with van der Waals surface area (Å²) in [6, 6.07) is 2.74. The Morgan fingerprint density at radius 1 is 1.26 bits per heavy atom. The maximum Gasteiger partial charge on any atom is 0.419 e. The van der Waals surface area contributed by atoms with E-state index in [0.29, 0.717) is 19.3 Å². The van der Waals surface area contributed by atoms with Crippen LogP contribution in [0.3, 0.4) is 0 Å². The molecule has 2 unspecified atom stereocenters. The van der Waals surface area contributed by atoms with Crippen molar-refractivity contribution in [2.24, 2.45) is 5.92 Å². The number of carboxylic acids is 1. The van der Waals surface area contributed by atoms with Gasteiger partial charge in [-0.25, -0.2) is 4.39 Å². The first kappa shape index (κ1) is 13.8. The summed E-state index contributed by atoms with van der Waals surface area (Å²) in [6.45, 7) is 0. The van der Waals surface area contributed by atoms with Gasteiger partial charge in [-0.1, -0.05) is 12.5 Å². The molecule has 0 saturated heterocycles. The average Bonchev–Trinajstić information content (AvgIpc) is 2.77. The van der Waals surface area contributed by atoms with Crippen molar-refractivity contribution in [3.63, 3.8) is 0 Å². The molecule has 0 bridgehead atoms. The van der Waals surface area contributed by atoms with Gasteiger partial charge in [0.1, 0.15) is 5.82 Å². The van der Waals surface area contributed by atoms with E-state index >= 15 is 0 Å². The van der Waals surface area contributed by atoms with Crippen molar-refractivity contribution in [2.45, 2.75) is 31.4 Å². The monoisotopic (exact) mass is 276 g/mol. The van der Waals surface area contributed by atoms with Crippen LogP contribution in [0.5, 0.6) is 0 Å². The first-order chi connectivity index (χ1) is 8.80. The SMILES string of the molecule is O=C(O)C1CCCC1c1ccc(F)c(C(F)(F)F)c1. The number of alkyl halides is 3. The van der Waals surface area contributed by atoms with Gasteiger partial charge < -0.3 is 5.11 Å². The molecule has 104 valence electrons. The Morgan fingerprint density at radius 3 is 2.53 bits per heavy atom. The standard InChI is InChI=1S/C13H12F4O2/c14-11-5-4-7(6-10(11)13(15,16)17)8-2-1-3-9(8)12(18)19/h4-6,8-9H,1-3H2,(H,18,19). The molecule has 1 saturated carbocycles. The van der Waals surface area contributed by atoms with Gasteiger partial charge in [0.2, 0.25) is 0 Å². The summed E-state index contributed by atoms with van der Waals surface area (Å²) in [5.41, 5.74) is -1.08. The minimum Gasteiger partial charge on any atom is -0.481 e. The first-order valence-corrected chi connectivity index (χ1v) is 5.90. The van der Waals surface area contributed by atoms with Gasteiger partial charge in [0.05, 0.1) is 11.5 Å². The molecule has 0 radical (unpaired) electrons. The molecule has 1 aromatic rings. The predicted octanol–water partition coefficient (Wildman–Crippen LogP) is 3.81. The van der Waals surface area contributed by atoms with Crippen molar-refractivity contribution < 1.29 is 27.5 Å². The van der Waals surface area contributed by atoms with Crippen LogP contribution >= 0.6 is 0 Å². The molecule has 0 amide bonds. The third-order valence-electron chi connectivity index (χ3n) is 3.56. The molecule has 0 heterocycles. The molecule has 1 fully saturated rings. The molecule has 6 heteroatoms. The normalized spacial score (nSPS) is 23.6. The summed E-state index contributed by atoms with van der Waals surface area (Å²) < 4.78 is 51.0. The van der Waals surface area contributed by atoms with E-state index in [1.165, 1.54) is 6.07 Å². The minimum absolute atomic E-state index is 0.249. The highest BCUT2D eigenvalue weighted by Gasteiger charge is 2.38. The highest BCUT2D eigenvalue weighted by molar-refractivity contribution is 5.71. The molecule has 1 N–H and O–H groups in total. The van der Waals surface area contributed by atoms with Crippen molar-refractivity contribution in [3.8, 4) is 0 Å². The Morgan fingerprint density at radius 2 is 1.95 bits per heavy atom. The second kappa shape index (κ2) is 4.83. The zero-order valence-electron chi connectivity index (χ0n) is 9.88. The predicted molar refractivity (Wildman–Crippen MR) is 59.1 cm³/mol. The molecule has 2 atom stereocenters. The van der Waals surface area contributed by atoms with E-state index in [9.17, 15) is 22.4 Å². The van der Waals surface area contributed by atoms with Crippen LogP contribution in [0.4, 0.5) is 17.6 Å². The summed E-state index contributed by atoms with van der Waals surface area (Å²) in [4.78, 5) is 11.0. The van der Waals surface area contributed by atoms with E-state index in [4.69, 9.17) is 5.11 Å². The summed E-state index contributed by atoms with van der Waals surface area (Å²) in [5, 5.41) is 9.03. The molecule has 1 aliphatic rings. The van der Waals surface area contributed by atoms with Crippen molar-refractivity contribution >= 4 is 5.97 Å². The molecule has 19 heavy (non-hydrogen) atoms. The summed E-state index contributed by atoms with van der Waals surface area (Å²) >= 11 is 0. The minimum atomic E-state index is -4.77. The van der Waals surface area contributed by atoms with E-state index in [1.807, 2.05) is 0 Å². The number of carbonyl (C=O) groups is 1. The Hall–Kier alpha value is -1.59. The number of hydrogen-bond donors (Lipinski definition) is 1. The van der Waals surface area contributed by atoms with Crippen LogP contribution in [0.25, 0.3) is 0 Å². The van der Waals surface area contributed by atoms with E-state index in [1.54, 1.807) is 0 Å². The van der Waals surface area contributed by atoms with Gasteiger partial charge in [-0.05, 0) is 36.5 Å². The molecular formula is C13H12F4O2. The Labute approximate surface area is 107 Å². The quantitative estimate of drug-likeness (QED) is 0.834. The van der Waals surface area contributed by atoms with Crippen LogP contribution in [-0.2, 0) is 11.0 Å². The topological polar surface area (TPSA) is 37.3 Å². The summed E-state index contributed by atoms with van der Waals surface area (Å²) in [6.07, 6.45) is -3.16. The summed E-state index contributed by atoms with van der Waals surface area (Å²) in [5.74, 6) is -3.51. The lowest BCUT2D eigenvalue weighted by Crippen LogP contribution is -2.18. The van der Waals surface area contributed by atoms with Crippen LogP contribution in [0.2, 0.25) is 0 Å². The number of carboxylic acid groups (broad SMARTS) is 1. The van der Waals surface area contributed by atoms with Crippen LogP contribution in [0.15, 0.2) is 18.2 Å². The van der Waals surface area contributed by atoms with E-state index < -0.39 is 35.4 Å². The first-order valence-electron chi connectivity index (χ1n) is 5.90. The second-order valence-electron chi connectivity index (χ2n) is 4.72. The Balaban J connectivity index is 2.38. The maximum absolute atomic E-state index is 13.2. The Bertz CT molecular complexity index is 496. The number of halogens is 4. The van der Waals surface area contributed by atoms with Crippen molar-refractivity contribution in [2.75, 3.05) is 0 Å². The van der Waals surface area contributed by atoms with Gasteiger partial charge in [0.25, 0.3) is 0 Å². The molecule has 1 aromatic carbocycles. The number of rotatable bonds is 2. The Kier molecular flexibility index (Phi) is 3.52. The van der Waals surface area contributed by atoms with Crippen LogP contribution in [-0.4, -0.2) is 11.1 Å². The van der Waals surface area contributed by atoms with Crippen LogP contribution in [0.1, 0.15) is 36.3 Å². The molecule has 0 aromatic heterocycles. The van der Waals surface area contributed by atoms with Gasteiger partial charge in [0.15, 0.2) is 0 Å². The van der Waals surface area contributed by atoms with E-state index in [-0.39, 0.29) is 5.56 Å². The molecule has 0 aliphatic heterocycles. The van der Waals surface area contributed by atoms with Crippen LogP contribution < -0.4 is 0 Å². The zero-order valence-corrected chi connectivity index (χ0v) is 9.88. The molecule has 0 spiro atoms. The fourth-order valence-electron chi connectivity index (χ4n) is 2.65. The number of aliphatic carboxylic acids is 1. The highest BCUT2D eigenvalue weighted by Crippen LogP contribution is 2.41. The molecule has 2 nitrogen and oxygen atoms in total. The molecule has 1 aliphatic carbocycles. The maximum atomic E-state index is 13.2. The molecular weight excluding hydrogens is 264 g/mol. The summed E-state index contributed by atoms with van der Waals surface area (Å²) in [7, 11) is 0. The molecule has 2 rings (SSSR count). The van der Waals surface area contributed by atoms with Crippen molar-refractivity contribution in [1.29, 1.82) is 0 Å². The van der Waals surface area contributed by atoms with E-state index in [0.717, 1.165) is 12.1 Å². The smallest absolute Gasteiger partial charge is 0.419 e. The highest BCUT2D eigenvalue weighted by atomic mass is 19.4. The number of benzene rings is 1. The third-order valence-corrected chi connectivity index (χ3v) is 3.56. The second-order valence-corrected chi connectivity index (χ2v) is 4.72. The van der Waals surface area contributed by atoms with Crippen molar-refractivity contribution in [1.82, 2.24) is 0 Å². The van der Waals surface area contributed by atoms with Gasteiger partial charge in [-0.15, -0.1) is 0 Å². The largest absolute Gasteiger partial charge is 0.481 e. The fraction of sp³-hybridized carbons (Fsp3) is 0.462. The lowest BCUT2D eigenvalue weighted by atomic mass is 9.88. The lowest BCUT2D eigenvalue weighted by molar-refractivity contribution is -0.142. The van der Waals surface area contributed by atoms with Gasteiger partial charge in [-0.3, -0.25) is 4.79 Å². The average molecular weight is 276 g/mol. The van der Waals surface area contributed by atoms with Gasteiger partial charge >= 0.3 is 12.1 Å². The fourth-order valence-corrected chi connectivity index (χ4v) is 2.65. The van der Waals surface area contributed by atoms with Crippen LogP contribution in [0, 0.1) is 11.7 Å².